The van der Waals surface area contributed by atoms with Crippen molar-refractivity contribution in [2.24, 2.45) is 0 Å². The van der Waals surface area contributed by atoms with E-state index in [0.717, 1.165) is 18.7 Å². The Balaban J connectivity index is 1.88. The number of rotatable bonds is 8. The third-order valence-corrected chi connectivity index (χ3v) is 4.31. The molecular weight excluding hydrogens is 294 g/mol. The molecule has 1 aromatic carbocycles. The zero-order chi connectivity index (χ0) is 16.7. The number of aliphatic hydroxyl groups is 2. The second-order valence-electron chi connectivity index (χ2n) is 6.16. The topological polar surface area (TPSA) is 62.2 Å². The predicted molar refractivity (Wildman–Crippen MR) is 90.0 cm³/mol. The van der Waals surface area contributed by atoms with E-state index < -0.39 is 12.2 Å². The van der Waals surface area contributed by atoms with Crippen LogP contribution in [0, 0.1) is 0 Å². The predicted octanol–water partition coefficient (Wildman–Crippen LogP) is 2.36. The van der Waals surface area contributed by atoms with Crippen molar-refractivity contribution in [1.29, 1.82) is 0 Å². The molecule has 23 heavy (non-hydrogen) atoms. The SMILES string of the molecule is CCC(O)c1ccc(OCC(O)CN2CCCCC2)c(OC)c1. The van der Waals surface area contributed by atoms with Crippen LogP contribution in [0.15, 0.2) is 18.2 Å². The van der Waals surface area contributed by atoms with Crippen LogP contribution in [-0.2, 0) is 0 Å². The van der Waals surface area contributed by atoms with Gasteiger partial charge < -0.3 is 24.6 Å². The second-order valence-corrected chi connectivity index (χ2v) is 6.16. The van der Waals surface area contributed by atoms with Crippen molar-refractivity contribution < 1.29 is 19.7 Å². The molecule has 0 amide bonds. The van der Waals surface area contributed by atoms with Gasteiger partial charge in [0.2, 0.25) is 0 Å². The summed E-state index contributed by atoms with van der Waals surface area (Å²) in [5, 5.41) is 20.1. The quantitative estimate of drug-likeness (QED) is 0.769. The lowest BCUT2D eigenvalue weighted by molar-refractivity contribution is 0.0608. The third kappa shape index (κ3) is 5.37. The summed E-state index contributed by atoms with van der Waals surface area (Å²) in [4.78, 5) is 2.29. The Labute approximate surface area is 138 Å². The number of benzene rings is 1. The summed E-state index contributed by atoms with van der Waals surface area (Å²) < 4.78 is 11.1. The lowest BCUT2D eigenvalue weighted by Crippen LogP contribution is -2.38. The van der Waals surface area contributed by atoms with Gasteiger partial charge in [0.05, 0.1) is 13.2 Å². The summed E-state index contributed by atoms with van der Waals surface area (Å²) in [5.74, 6) is 1.18. The molecule has 5 nitrogen and oxygen atoms in total. The van der Waals surface area contributed by atoms with Gasteiger partial charge in [-0.1, -0.05) is 19.4 Å². The maximum atomic E-state index is 10.2. The molecule has 2 N–H and O–H groups in total. The van der Waals surface area contributed by atoms with Crippen LogP contribution < -0.4 is 9.47 Å². The standard InChI is InChI=1S/C18H29NO4/c1-3-16(21)14-7-8-17(18(11-14)22-2)23-13-15(20)12-19-9-5-4-6-10-19/h7-8,11,15-16,20-21H,3-6,9-10,12-13H2,1-2H3. The summed E-state index contributed by atoms with van der Waals surface area (Å²) in [7, 11) is 1.58. The minimum atomic E-state index is -0.515. The minimum absolute atomic E-state index is 0.239. The number of nitrogens with zero attached hydrogens (tertiary/aromatic N) is 1. The number of β-amino-alcohol motifs (C(OH)–C–C–N with tert-alkyl or cyclic N) is 1. The number of aliphatic hydroxyl groups excluding tert-OH is 2. The van der Waals surface area contributed by atoms with E-state index in [4.69, 9.17) is 9.47 Å². The molecule has 2 rings (SSSR count). The average Bonchev–Trinajstić information content (AvgIpc) is 2.60. The highest BCUT2D eigenvalue weighted by Crippen LogP contribution is 2.31. The van der Waals surface area contributed by atoms with Gasteiger partial charge in [-0.3, -0.25) is 0 Å². The number of ether oxygens (including phenoxy) is 2. The number of likely N-dealkylation sites (tertiary alicyclic amines) is 1. The van der Waals surface area contributed by atoms with E-state index in [9.17, 15) is 10.2 Å². The van der Waals surface area contributed by atoms with Crippen LogP contribution in [0.2, 0.25) is 0 Å². The van der Waals surface area contributed by atoms with E-state index >= 15 is 0 Å². The third-order valence-electron chi connectivity index (χ3n) is 4.31. The van der Waals surface area contributed by atoms with Gasteiger partial charge in [-0.05, 0) is 50.0 Å². The first kappa shape index (κ1) is 18.0. The van der Waals surface area contributed by atoms with E-state index in [1.165, 1.54) is 19.3 Å². The highest BCUT2D eigenvalue weighted by Gasteiger charge is 2.16. The van der Waals surface area contributed by atoms with Crippen molar-refractivity contribution in [2.75, 3.05) is 33.4 Å². The Kier molecular flexibility index (Phi) is 7.15. The molecule has 1 fully saturated rings. The molecule has 5 heteroatoms. The molecule has 1 aliphatic rings. The number of hydrogen-bond acceptors (Lipinski definition) is 5. The average molecular weight is 323 g/mol. The largest absolute Gasteiger partial charge is 0.493 e. The van der Waals surface area contributed by atoms with Crippen molar-refractivity contribution in [2.45, 2.75) is 44.8 Å². The van der Waals surface area contributed by atoms with Gasteiger partial charge in [-0.2, -0.15) is 0 Å². The molecule has 0 spiro atoms. The van der Waals surface area contributed by atoms with Crippen molar-refractivity contribution in [3.63, 3.8) is 0 Å². The van der Waals surface area contributed by atoms with Gasteiger partial charge >= 0.3 is 0 Å². The fourth-order valence-electron chi connectivity index (χ4n) is 2.93. The number of methoxy groups -OCH3 is 1. The van der Waals surface area contributed by atoms with Crippen molar-refractivity contribution in [1.82, 2.24) is 4.90 Å². The van der Waals surface area contributed by atoms with Crippen molar-refractivity contribution >= 4 is 0 Å². The Hall–Kier alpha value is -1.30. The summed E-state index contributed by atoms with van der Waals surface area (Å²) >= 11 is 0. The van der Waals surface area contributed by atoms with Gasteiger partial charge in [0.25, 0.3) is 0 Å². The van der Waals surface area contributed by atoms with Crippen LogP contribution >= 0.6 is 0 Å². The minimum Gasteiger partial charge on any atom is -0.493 e. The Bertz CT molecular complexity index is 474. The maximum Gasteiger partial charge on any atom is 0.161 e. The smallest absolute Gasteiger partial charge is 0.161 e. The summed E-state index contributed by atoms with van der Waals surface area (Å²) in [6.45, 7) is 4.93. The van der Waals surface area contributed by atoms with Gasteiger partial charge in [-0.25, -0.2) is 0 Å². The molecule has 2 unspecified atom stereocenters. The zero-order valence-electron chi connectivity index (χ0n) is 14.2. The molecule has 2 atom stereocenters. The first-order valence-corrected chi connectivity index (χ1v) is 8.53. The Morgan fingerprint density at radius 3 is 2.52 bits per heavy atom. The van der Waals surface area contributed by atoms with Crippen LogP contribution in [0.4, 0.5) is 0 Å². The van der Waals surface area contributed by atoms with Gasteiger partial charge in [0, 0.05) is 6.54 Å². The van der Waals surface area contributed by atoms with E-state index in [-0.39, 0.29) is 6.61 Å². The van der Waals surface area contributed by atoms with Gasteiger partial charge in [0.15, 0.2) is 11.5 Å². The summed E-state index contributed by atoms with van der Waals surface area (Å²) in [6.07, 6.45) is 3.35. The molecule has 1 aliphatic heterocycles. The van der Waals surface area contributed by atoms with Crippen molar-refractivity contribution in [3.05, 3.63) is 23.8 Å². The highest BCUT2D eigenvalue weighted by atomic mass is 16.5. The van der Waals surface area contributed by atoms with Crippen LogP contribution in [0.3, 0.4) is 0 Å². The summed E-state index contributed by atoms with van der Waals surface area (Å²) in [6, 6.07) is 5.42. The van der Waals surface area contributed by atoms with Gasteiger partial charge in [-0.15, -0.1) is 0 Å². The summed E-state index contributed by atoms with van der Waals surface area (Å²) in [5.41, 5.74) is 0.811. The highest BCUT2D eigenvalue weighted by molar-refractivity contribution is 5.43. The molecule has 0 aromatic heterocycles. The molecule has 0 saturated carbocycles. The van der Waals surface area contributed by atoms with E-state index in [1.54, 1.807) is 19.2 Å². The van der Waals surface area contributed by atoms with Crippen LogP contribution in [-0.4, -0.2) is 54.6 Å². The lowest BCUT2D eigenvalue weighted by atomic mass is 10.1. The molecule has 1 aromatic rings. The Morgan fingerprint density at radius 1 is 1.13 bits per heavy atom. The normalized spacial score (nSPS) is 18.4. The monoisotopic (exact) mass is 323 g/mol. The van der Waals surface area contributed by atoms with Crippen LogP contribution in [0.25, 0.3) is 0 Å². The molecule has 1 saturated heterocycles. The fraction of sp³-hybridized carbons (Fsp3) is 0.667. The van der Waals surface area contributed by atoms with E-state index in [2.05, 4.69) is 4.90 Å². The molecule has 130 valence electrons. The van der Waals surface area contributed by atoms with E-state index in [0.29, 0.717) is 24.5 Å². The van der Waals surface area contributed by atoms with Gasteiger partial charge in [0.1, 0.15) is 12.7 Å². The van der Waals surface area contributed by atoms with Crippen LogP contribution in [0.1, 0.15) is 44.3 Å². The molecule has 1 heterocycles. The molecule has 0 radical (unpaired) electrons. The maximum absolute atomic E-state index is 10.2. The van der Waals surface area contributed by atoms with Crippen molar-refractivity contribution in [3.8, 4) is 11.5 Å². The zero-order valence-corrected chi connectivity index (χ0v) is 14.2. The molecular formula is C18H29NO4. The fourth-order valence-corrected chi connectivity index (χ4v) is 2.93. The number of piperidine rings is 1. The molecule has 0 aliphatic carbocycles. The van der Waals surface area contributed by atoms with E-state index in [1.807, 2.05) is 13.0 Å². The lowest BCUT2D eigenvalue weighted by Gasteiger charge is -2.28. The molecule has 0 bridgehead atoms. The first-order valence-electron chi connectivity index (χ1n) is 8.53. The Morgan fingerprint density at radius 2 is 1.87 bits per heavy atom. The van der Waals surface area contributed by atoms with Crippen LogP contribution in [0.5, 0.6) is 11.5 Å². The number of hydrogen-bond donors (Lipinski definition) is 2. The second kappa shape index (κ2) is 9.11. The first-order chi connectivity index (χ1) is 11.1.